The van der Waals surface area contributed by atoms with Crippen LogP contribution in [-0.4, -0.2) is 49.2 Å². The first-order valence-electron chi connectivity index (χ1n) is 6.31. The lowest BCUT2D eigenvalue weighted by molar-refractivity contribution is -0.160. The van der Waals surface area contributed by atoms with Crippen molar-refractivity contribution in [3.8, 4) is 0 Å². The van der Waals surface area contributed by atoms with E-state index in [0.717, 1.165) is 0 Å². The van der Waals surface area contributed by atoms with Crippen LogP contribution < -0.4 is 0 Å². The summed E-state index contributed by atoms with van der Waals surface area (Å²) in [5.74, 6) is -1.31. The third-order valence-corrected chi connectivity index (χ3v) is 3.62. The first-order chi connectivity index (χ1) is 9.49. The largest absolute Gasteiger partial charge is 0.467 e. The number of amides is 1. The zero-order valence-electron chi connectivity index (χ0n) is 11.6. The maximum absolute atomic E-state index is 11.8. The highest BCUT2D eigenvalue weighted by Gasteiger charge is 2.49. The van der Waals surface area contributed by atoms with Crippen LogP contribution in [0.3, 0.4) is 0 Å². The van der Waals surface area contributed by atoms with Crippen molar-refractivity contribution >= 4 is 17.8 Å². The lowest BCUT2D eigenvalue weighted by Crippen LogP contribution is -2.46. The molecule has 0 saturated carbocycles. The minimum absolute atomic E-state index is 0.0311. The second kappa shape index (κ2) is 5.52. The maximum Gasteiger partial charge on any atom is 0.373 e. The maximum atomic E-state index is 11.8. The third-order valence-electron chi connectivity index (χ3n) is 3.62. The molecule has 7 nitrogen and oxygen atoms in total. The number of methoxy groups -OCH3 is 2. The van der Waals surface area contributed by atoms with Crippen LogP contribution in [-0.2, 0) is 28.6 Å². The van der Waals surface area contributed by atoms with Crippen LogP contribution in [0, 0.1) is 5.92 Å². The summed E-state index contributed by atoms with van der Waals surface area (Å²) in [7, 11) is 2.54. The number of fused-ring (bicyclic) bond motifs is 1. The molecule has 0 spiro atoms. The van der Waals surface area contributed by atoms with E-state index in [-0.39, 0.29) is 17.6 Å². The van der Waals surface area contributed by atoms with E-state index in [4.69, 9.17) is 9.47 Å². The number of allylic oxidation sites excluding steroid dienone is 1. The molecule has 0 N–H and O–H groups in total. The number of esters is 2. The van der Waals surface area contributed by atoms with Crippen molar-refractivity contribution in [2.45, 2.75) is 32.0 Å². The third kappa shape index (κ3) is 2.35. The first-order valence-corrected chi connectivity index (χ1v) is 6.31. The lowest BCUT2D eigenvalue weighted by atomic mass is 9.98. The summed E-state index contributed by atoms with van der Waals surface area (Å²) in [6.45, 7) is 1.36. The van der Waals surface area contributed by atoms with Gasteiger partial charge in [-0.15, -0.1) is 0 Å². The second-order valence-electron chi connectivity index (χ2n) is 4.77. The molecule has 2 heterocycles. The molecule has 3 atom stereocenters. The Morgan fingerprint density at radius 2 is 2.00 bits per heavy atom. The number of rotatable bonds is 2. The zero-order valence-corrected chi connectivity index (χ0v) is 11.6. The highest BCUT2D eigenvalue weighted by Crippen LogP contribution is 2.38. The molecule has 20 heavy (non-hydrogen) atoms. The van der Waals surface area contributed by atoms with Gasteiger partial charge >= 0.3 is 11.9 Å². The minimum atomic E-state index is -0.669. The summed E-state index contributed by atoms with van der Waals surface area (Å²) in [6, 6.07) is -0.669. The van der Waals surface area contributed by atoms with Gasteiger partial charge in [0, 0.05) is 12.8 Å². The molecule has 2 rings (SSSR count). The highest BCUT2D eigenvalue weighted by molar-refractivity contribution is 5.87. The van der Waals surface area contributed by atoms with Gasteiger partial charge in [-0.1, -0.05) is 0 Å². The van der Waals surface area contributed by atoms with Crippen molar-refractivity contribution in [1.29, 1.82) is 0 Å². The van der Waals surface area contributed by atoms with Crippen LogP contribution in [0.2, 0.25) is 0 Å². The smallest absolute Gasteiger partial charge is 0.373 e. The molecule has 1 fully saturated rings. The van der Waals surface area contributed by atoms with Crippen LogP contribution in [0.4, 0.5) is 0 Å². The number of nitrogens with zero attached hydrogens (tertiary/aromatic N) is 1. The van der Waals surface area contributed by atoms with Crippen LogP contribution in [0.15, 0.2) is 11.8 Å². The van der Waals surface area contributed by atoms with Gasteiger partial charge in [0.25, 0.3) is 0 Å². The molecule has 1 amide bonds. The van der Waals surface area contributed by atoms with Crippen LogP contribution in [0.25, 0.3) is 0 Å². The molecule has 2 aliphatic heterocycles. The van der Waals surface area contributed by atoms with Crippen molar-refractivity contribution in [3.05, 3.63) is 11.8 Å². The molecule has 110 valence electrons. The molecule has 0 bridgehead atoms. The predicted molar refractivity (Wildman–Crippen MR) is 66.0 cm³/mol. The highest BCUT2D eigenvalue weighted by atomic mass is 16.6. The summed E-state index contributed by atoms with van der Waals surface area (Å²) in [5, 5.41) is 0. The van der Waals surface area contributed by atoms with Crippen molar-refractivity contribution < 1.29 is 28.6 Å². The Bertz CT molecular complexity index is 471. The van der Waals surface area contributed by atoms with Gasteiger partial charge in [-0.2, -0.15) is 0 Å². The Balaban J connectivity index is 2.22. The molecule has 0 aliphatic carbocycles. The van der Waals surface area contributed by atoms with E-state index in [1.54, 1.807) is 6.08 Å². The summed E-state index contributed by atoms with van der Waals surface area (Å²) >= 11 is 0. The van der Waals surface area contributed by atoms with Crippen molar-refractivity contribution in [2.24, 2.45) is 5.92 Å². The van der Waals surface area contributed by atoms with E-state index in [1.807, 2.05) is 0 Å². The van der Waals surface area contributed by atoms with Gasteiger partial charge in [0.15, 0.2) is 6.23 Å². The monoisotopic (exact) mass is 283 g/mol. The predicted octanol–water partition coefficient (Wildman–Crippen LogP) is 0.200. The van der Waals surface area contributed by atoms with Gasteiger partial charge in [-0.05, 0) is 18.9 Å². The molecule has 2 aliphatic rings. The normalized spacial score (nSPS) is 28.1. The standard InChI is InChI=1S/C13H17NO6/c1-7(15)14-9(12(16)18-2)6-8-4-5-10(13(17)19-3)20-11(8)14/h5,8-9,11H,4,6H2,1-3H3/t8-,9+,11+/m1/s1. The van der Waals surface area contributed by atoms with Crippen LogP contribution >= 0.6 is 0 Å². The second-order valence-corrected chi connectivity index (χ2v) is 4.77. The van der Waals surface area contributed by atoms with E-state index in [0.29, 0.717) is 12.8 Å². The molecule has 0 radical (unpaired) electrons. The fourth-order valence-electron chi connectivity index (χ4n) is 2.70. The van der Waals surface area contributed by atoms with Gasteiger partial charge in [0.05, 0.1) is 14.2 Å². The van der Waals surface area contributed by atoms with Crippen LogP contribution in [0.1, 0.15) is 19.8 Å². The molecular weight excluding hydrogens is 266 g/mol. The molecule has 0 aromatic heterocycles. The quantitative estimate of drug-likeness (QED) is 0.673. The molecule has 0 aromatic carbocycles. The van der Waals surface area contributed by atoms with Gasteiger partial charge in [-0.25, -0.2) is 9.59 Å². The Morgan fingerprint density at radius 1 is 1.30 bits per heavy atom. The van der Waals surface area contributed by atoms with E-state index in [2.05, 4.69) is 4.74 Å². The Hall–Kier alpha value is -2.05. The summed E-state index contributed by atoms with van der Waals surface area (Å²) < 4.78 is 14.9. The van der Waals surface area contributed by atoms with Crippen molar-refractivity contribution in [1.82, 2.24) is 4.90 Å². The topological polar surface area (TPSA) is 82.1 Å². The van der Waals surface area contributed by atoms with Gasteiger partial charge in [0.2, 0.25) is 11.7 Å². The molecule has 1 saturated heterocycles. The molecule has 7 heteroatoms. The molecule has 0 aromatic rings. The van der Waals surface area contributed by atoms with Gasteiger partial charge in [-0.3, -0.25) is 9.69 Å². The average molecular weight is 283 g/mol. The van der Waals surface area contributed by atoms with Crippen LogP contribution in [0.5, 0.6) is 0 Å². The zero-order chi connectivity index (χ0) is 14.9. The Morgan fingerprint density at radius 3 is 2.55 bits per heavy atom. The Labute approximate surface area is 116 Å². The lowest BCUT2D eigenvalue weighted by Gasteiger charge is -2.32. The number of ether oxygens (including phenoxy) is 3. The van der Waals surface area contributed by atoms with Gasteiger partial charge in [0.1, 0.15) is 6.04 Å². The summed E-state index contributed by atoms with van der Waals surface area (Å²) in [5.41, 5.74) is 0. The molecule has 0 unspecified atom stereocenters. The van der Waals surface area contributed by atoms with E-state index < -0.39 is 24.2 Å². The first kappa shape index (κ1) is 14.4. The van der Waals surface area contributed by atoms with E-state index in [9.17, 15) is 14.4 Å². The minimum Gasteiger partial charge on any atom is -0.467 e. The number of carbonyl (C=O) groups is 3. The molecular formula is C13H17NO6. The number of carbonyl (C=O) groups excluding carboxylic acids is 3. The Kier molecular flexibility index (Phi) is 3.96. The average Bonchev–Trinajstić information content (AvgIpc) is 2.83. The number of hydrogen-bond donors (Lipinski definition) is 0. The summed E-state index contributed by atoms with van der Waals surface area (Å²) in [4.78, 5) is 36.4. The van der Waals surface area contributed by atoms with E-state index in [1.165, 1.54) is 26.0 Å². The summed E-state index contributed by atoms with van der Waals surface area (Å²) in [6.07, 6.45) is 2.01. The number of likely N-dealkylation sites (tertiary alicyclic amines) is 1. The van der Waals surface area contributed by atoms with Crippen molar-refractivity contribution in [2.75, 3.05) is 14.2 Å². The van der Waals surface area contributed by atoms with Crippen molar-refractivity contribution in [3.63, 3.8) is 0 Å². The van der Waals surface area contributed by atoms with Gasteiger partial charge < -0.3 is 14.2 Å². The van der Waals surface area contributed by atoms with E-state index >= 15 is 0 Å². The fraction of sp³-hybridized carbons (Fsp3) is 0.615. The SMILES string of the molecule is COC(=O)C1=CC[C@@H]2C[C@@H](C(=O)OC)N(C(C)=O)[C@H]2O1. The fourth-order valence-corrected chi connectivity index (χ4v) is 2.70. The number of hydrogen-bond acceptors (Lipinski definition) is 6.